The van der Waals surface area contributed by atoms with Gasteiger partial charge in [0.15, 0.2) is 0 Å². The number of nitrogens with one attached hydrogen (secondary N) is 3. The molecular weight excluding hydrogens is 319 g/mol. The predicted octanol–water partition coefficient (Wildman–Crippen LogP) is 4.16. The van der Waals surface area contributed by atoms with Gasteiger partial charge in [-0.05, 0) is 55.0 Å². The molecule has 1 unspecified atom stereocenters. The number of nitrogens with zero attached hydrogens (tertiary/aromatic N) is 1. The molecule has 1 fully saturated rings. The van der Waals surface area contributed by atoms with E-state index >= 15 is 0 Å². The molecule has 0 saturated heterocycles. The molecule has 1 saturated carbocycles. The lowest BCUT2D eigenvalue weighted by Crippen LogP contribution is -2.36. The quantitative estimate of drug-likeness (QED) is 0.671. The number of hydrogen-bond donors (Lipinski definition) is 3. The van der Waals surface area contributed by atoms with Crippen molar-refractivity contribution >= 4 is 22.6 Å². The first kappa shape index (κ1) is 15.6. The minimum absolute atomic E-state index is 0.124. The van der Waals surface area contributed by atoms with E-state index in [1.807, 2.05) is 30.3 Å². The number of aromatic amines is 1. The summed E-state index contributed by atoms with van der Waals surface area (Å²) >= 11 is 0. The van der Waals surface area contributed by atoms with Crippen LogP contribution in [0.25, 0.3) is 10.9 Å². The van der Waals surface area contributed by atoms with Crippen molar-refractivity contribution in [1.82, 2.24) is 15.5 Å². The second-order valence-corrected chi connectivity index (χ2v) is 6.49. The zero-order valence-electron chi connectivity index (χ0n) is 13.6. The maximum Gasteiger partial charge on any atom is 0.319 e. The van der Waals surface area contributed by atoms with Crippen molar-refractivity contribution in [2.45, 2.75) is 31.2 Å². The van der Waals surface area contributed by atoms with Crippen LogP contribution in [0, 0.1) is 5.82 Å². The largest absolute Gasteiger partial charge is 0.335 e. The van der Waals surface area contributed by atoms with Crippen LogP contribution in [0.3, 0.4) is 0 Å². The van der Waals surface area contributed by atoms with Crippen LogP contribution in [-0.4, -0.2) is 22.3 Å². The number of carbonyl (C=O) groups excluding carboxylic acids is 1. The number of rotatable bonds is 3. The van der Waals surface area contributed by atoms with E-state index in [1.165, 1.54) is 12.1 Å². The first-order chi connectivity index (χ1) is 12.2. The summed E-state index contributed by atoms with van der Waals surface area (Å²) in [5.74, 6) is 0.146. The molecule has 0 spiro atoms. The van der Waals surface area contributed by atoms with Gasteiger partial charge in [0, 0.05) is 11.4 Å². The Labute approximate surface area is 144 Å². The maximum absolute atomic E-state index is 13.0. The third kappa shape index (κ3) is 3.33. The fourth-order valence-corrected chi connectivity index (χ4v) is 3.57. The van der Waals surface area contributed by atoms with E-state index in [4.69, 9.17) is 0 Å². The number of fused-ring (bicyclic) bond motifs is 1. The molecule has 3 aromatic rings. The van der Waals surface area contributed by atoms with Gasteiger partial charge in [-0.3, -0.25) is 5.10 Å². The fourth-order valence-electron chi connectivity index (χ4n) is 3.57. The van der Waals surface area contributed by atoms with Gasteiger partial charge in [-0.1, -0.05) is 18.2 Å². The number of halogens is 1. The number of benzene rings is 2. The highest BCUT2D eigenvalue weighted by molar-refractivity contribution is 6.00. The molecule has 2 atom stereocenters. The molecule has 1 heterocycles. The van der Waals surface area contributed by atoms with Gasteiger partial charge in [0.25, 0.3) is 0 Å². The molecule has 0 aliphatic heterocycles. The lowest BCUT2D eigenvalue weighted by atomic mass is 9.97. The molecule has 25 heavy (non-hydrogen) atoms. The summed E-state index contributed by atoms with van der Waals surface area (Å²) in [6.45, 7) is 0. The Hall–Kier alpha value is -2.89. The fraction of sp³-hybridized carbons (Fsp3) is 0.263. The Morgan fingerprint density at radius 3 is 2.84 bits per heavy atom. The highest BCUT2D eigenvalue weighted by Crippen LogP contribution is 2.34. The van der Waals surface area contributed by atoms with Crippen molar-refractivity contribution < 1.29 is 9.18 Å². The Morgan fingerprint density at radius 1 is 1.16 bits per heavy atom. The summed E-state index contributed by atoms with van der Waals surface area (Å²) in [7, 11) is 0. The summed E-state index contributed by atoms with van der Waals surface area (Å²) in [4.78, 5) is 12.3. The summed E-state index contributed by atoms with van der Waals surface area (Å²) in [6.07, 6.45) is 4.49. The Balaban J connectivity index is 1.37. The highest BCUT2D eigenvalue weighted by atomic mass is 19.1. The smallest absolute Gasteiger partial charge is 0.319 e. The standard InChI is InChI=1S/C19H19FN4O/c20-14-7-4-12(5-8-14)13-6-9-15(10-13)22-19(25)23-17-2-1-3-18-16(17)11-21-24-18/h1-5,7-8,11,13,15H,6,9-10H2,(H,21,24)(H2,22,23,25)/t13-,15?/m0/s1. The molecule has 0 radical (unpaired) electrons. The molecule has 6 heteroatoms. The van der Waals surface area contributed by atoms with E-state index in [0.29, 0.717) is 5.92 Å². The monoisotopic (exact) mass is 338 g/mol. The van der Waals surface area contributed by atoms with Gasteiger partial charge in [0.2, 0.25) is 0 Å². The van der Waals surface area contributed by atoms with E-state index in [9.17, 15) is 9.18 Å². The third-order valence-corrected chi connectivity index (χ3v) is 4.84. The molecule has 1 aromatic heterocycles. The zero-order valence-corrected chi connectivity index (χ0v) is 13.6. The van der Waals surface area contributed by atoms with Gasteiger partial charge >= 0.3 is 6.03 Å². The summed E-state index contributed by atoms with van der Waals surface area (Å²) in [5.41, 5.74) is 2.75. The first-order valence-electron chi connectivity index (χ1n) is 8.44. The molecule has 1 aliphatic carbocycles. The van der Waals surface area contributed by atoms with Gasteiger partial charge in [-0.25, -0.2) is 9.18 Å². The van der Waals surface area contributed by atoms with Crippen LogP contribution in [0.15, 0.2) is 48.7 Å². The Bertz CT molecular complexity index is 890. The minimum atomic E-state index is -0.218. The van der Waals surface area contributed by atoms with E-state index in [0.717, 1.165) is 41.4 Å². The second-order valence-electron chi connectivity index (χ2n) is 6.49. The summed E-state index contributed by atoms with van der Waals surface area (Å²) in [5, 5.41) is 13.7. The van der Waals surface area contributed by atoms with Gasteiger partial charge in [-0.15, -0.1) is 0 Å². The van der Waals surface area contributed by atoms with Crippen LogP contribution >= 0.6 is 0 Å². The van der Waals surface area contributed by atoms with Crippen molar-refractivity contribution in [2.75, 3.05) is 5.32 Å². The van der Waals surface area contributed by atoms with E-state index in [1.54, 1.807) is 6.20 Å². The van der Waals surface area contributed by atoms with Crippen molar-refractivity contribution in [3.63, 3.8) is 0 Å². The maximum atomic E-state index is 13.0. The van der Waals surface area contributed by atoms with Crippen molar-refractivity contribution in [2.24, 2.45) is 0 Å². The average molecular weight is 338 g/mol. The summed E-state index contributed by atoms with van der Waals surface area (Å²) < 4.78 is 13.0. The van der Waals surface area contributed by atoms with Crippen LogP contribution in [0.2, 0.25) is 0 Å². The molecule has 4 rings (SSSR count). The van der Waals surface area contributed by atoms with Crippen LogP contribution in [0.5, 0.6) is 0 Å². The molecule has 1 aliphatic rings. The lowest BCUT2D eigenvalue weighted by Gasteiger charge is -2.15. The second kappa shape index (κ2) is 6.55. The molecule has 5 nitrogen and oxygen atoms in total. The van der Waals surface area contributed by atoms with E-state index < -0.39 is 0 Å². The lowest BCUT2D eigenvalue weighted by molar-refractivity contribution is 0.248. The van der Waals surface area contributed by atoms with Gasteiger partial charge in [-0.2, -0.15) is 5.10 Å². The number of hydrogen-bond acceptors (Lipinski definition) is 2. The van der Waals surface area contributed by atoms with Crippen molar-refractivity contribution in [3.8, 4) is 0 Å². The number of urea groups is 1. The number of anilines is 1. The predicted molar refractivity (Wildman–Crippen MR) is 95.0 cm³/mol. The number of aromatic nitrogens is 2. The highest BCUT2D eigenvalue weighted by Gasteiger charge is 2.27. The molecule has 2 amide bonds. The molecule has 2 aromatic carbocycles. The minimum Gasteiger partial charge on any atom is -0.335 e. The number of H-pyrrole nitrogens is 1. The molecule has 3 N–H and O–H groups in total. The van der Waals surface area contributed by atoms with Crippen LogP contribution in [0.1, 0.15) is 30.7 Å². The van der Waals surface area contributed by atoms with E-state index in [-0.39, 0.29) is 17.9 Å². The van der Waals surface area contributed by atoms with Gasteiger partial charge < -0.3 is 10.6 Å². The van der Waals surface area contributed by atoms with Crippen molar-refractivity contribution in [3.05, 3.63) is 60.0 Å². The molecule has 0 bridgehead atoms. The average Bonchev–Trinajstić information content (AvgIpc) is 3.25. The topological polar surface area (TPSA) is 69.8 Å². The van der Waals surface area contributed by atoms with Gasteiger partial charge in [0.1, 0.15) is 5.82 Å². The van der Waals surface area contributed by atoms with Crippen LogP contribution in [-0.2, 0) is 0 Å². The molecular formula is C19H19FN4O. The number of carbonyl (C=O) groups is 1. The summed E-state index contributed by atoms with van der Waals surface area (Å²) in [6, 6.07) is 12.2. The number of amides is 2. The third-order valence-electron chi connectivity index (χ3n) is 4.84. The van der Waals surface area contributed by atoms with Crippen molar-refractivity contribution in [1.29, 1.82) is 0 Å². The van der Waals surface area contributed by atoms with Crippen LogP contribution < -0.4 is 10.6 Å². The van der Waals surface area contributed by atoms with E-state index in [2.05, 4.69) is 20.8 Å². The Kier molecular flexibility index (Phi) is 4.09. The van der Waals surface area contributed by atoms with Crippen LogP contribution in [0.4, 0.5) is 14.9 Å². The Morgan fingerprint density at radius 2 is 2.00 bits per heavy atom. The van der Waals surface area contributed by atoms with Gasteiger partial charge in [0.05, 0.1) is 17.4 Å². The SMILES string of the molecule is O=C(Nc1cccc2[nH]ncc12)NC1CC[C@H](c2ccc(F)cc2)C1. The first-order valence-corrected chi connectivity index (χ1v) is 8.44. The molecule has 128 valence electrons. The zero-order chi connectivity index (χ0) is 17.2. The normalized spacial score (nSPS) is 19.9.